The molecule has 8 heteroatoms. The molecule has 0 radical (unpaired) electrons. The highest BCUT2D eigenvalue weighted by Crippen LogP contribution is 2.19. The number of anilines is 1. The minimum atomic E-state index is -0.820. The number of fused-ring (bicyclic) bond motifs is 1. The highest BCUT2D eigenvalue weighted by molar-refractivity contribution is 5.45. The molecular weight excluding hydrogens is 323 g/mol. The van der Waals surface area contributed by atoms with Crippen molar-refractivity contribution < 1.29 is 9.50 Å². The van der Waals surface area contributed by atoms with Crippen LogP contribution < -0.4 is 4.90 Å². The lowest BCUT2D eigenvalue weighted by Gasteiger charge is -2.36. The van der Waals surface area contributed by atoms with E-state index in [1.54, 1.807) is 29.0 Å². The van der Waals surface area contributed by atoms with Gasteiger partial charge in [-0.05, 0) is 18.2 Å². The van der Waals surface area contributed by atoms with Crippen LogP contribution in [-0.2, 0) is 0 Å². The quantitative estimate of drug-likeness (QED) is 0.766. The molecule has 1 saturated heterocycles. The molecule has 4 rings (SSSR count). The number of hydrogen-bond donors (Lipinski definition) is 1. The second-order valence-electron chi connectivity index (χ2n) is 6.15. The van der Waals surface area contributed by atoms with Gasteiger partial charge in [0.15, 0.2) is 5.65 Å². The van der Waals surface area contributed by atoms with E-state index in [2.05, 4.69) is 25.1 Å². The second kappa shape index (κ2) is 6.73. The van der Waals surface area contributed by atoms with Gasteiger partial charge in [0.25, 0.3) is 0 Å². The van der Waals surface area contributed by atoms with E-state index < -0.39 is 6.10 Å². The number of rotatable bonds is 4. The Hall–Kier alpha value is -2.58. The molecular formula is C17H19FN6O. The average Bonchev–Trinajstić information content (AvgIpc) is 3.10. The monoisotopic (exact) mass is 342 g/mol. The van der Waals surface area contributed by atoms with Gasteiger partial charge < -0.3 is 10.0 Å². The molecule has 0 saturated carbocycles. The van der Waals surface area contributed by atoms with Crippen molar-refractivity contribution in [1.29, 1.82) is 0 Å². The maximum absolute atomic E-state index is 13.8. The van der Waals surface area contributed by atoms with E-state index in [0.29, 0.717) is 12.1 Å². The van der Waals surface area contributed by atoms with Crippen molar-refractivity contribution in [3.05, 3.63) is 54.1 Å². The van der Waals surface area contributed by atoms with Crippen molar-refractivity contribution in [1.82, 2.24) is 24.7 Å². The largest absolute Gasteiger partial charge is 0.387 e. The van der Waals surface area contributed by atoms with E-state index in [1.807, 2.05) is 12.1 Å². The summed E-state index contributed by atoms with van der Waals surface area (Å²) in [4.78, 5) is 4.33. The molecule has 1 aromatic carbocycles. The standard InChI is InChI=1S/C17H19FN6O/c18-14-4-2-1-3-13(14)15(25)11-22-7-9-23(10-8-22)17-6-5-16-20-19-12-24(16)21-17/h1-6,12,15,25H,7-11H2/t15-/m1/s1. The van der Waals surface area contributed by atoms with Gasteiger partial charge in [-0.2, -0.15) is 4.52 Å². The van der Waals surface area contributed by atoms with E-state index >= 15 is 0 Å². The van der Waals surface area contributed by atoms with Crippen LogP contribution in [0, 0.1) is 5.82 Å². The van der Waals surface area contributed by atoms with Crippen LogP contribution >= 0.6 is 0 Å². The Morgan fingerprint density at radius 3 is 2.68 bits per heavy atom. The molecule has 0 spiro atoms. The lowest BCUT2D eigenvalue weighted by Crippen LogP contribution is -2.48. The van der Waals surface area contributed by atoms with Crippen molar-refractivity contribution in [3.8, 4) is 0 Å². The number of aliphatic hydroxyl groups excluding tert-OH is 1. The Morgan fingerprint density at radius 2 is 1.88 bits per heavy atom. The Balaban J connectivity index is 1.37. The maximum Gasteiger partial charge on any atom is 0.177 e. The molecule has 0 amide bonds. The van der Waals surface area contributed by atoms with Crippen LogP contribution in [0.15, 0.2) is 42.7 Å². The van der Waals surface area contributed by atoms with Crippen molar-refractivity contribution in [2.45, 2.75) is 6.10 Å². The van der Waals surface area contributed by atoms with Crippen LogP contribution in [0.4, 0.5) is 10.2 Å². The third-order valence-corrected chi connectivity index (χ3v) is 4.54. The summed E-state index contributed by atoms with van der Waals surface area (Å²) in [7, 11) is 0. The Labute approximate surface area is 144 Å². The zero-order valence-electron chi connectivity index (χ0n) is 13.7. The molecule has 3 aromatic rings. The van der Waals surface area contributed by atoms with Crippen LogP contribution in [0.5, 0.6) is 0 Å². The highest BCUT2D eigenvalue weighted by atomic mass is 19.1. The van der Waals surface area contributed by atoms with E-state index in [-0.39, 0.29) is 5.82 Å². The molecule has 25 heavy (non-hydrogen) atoms. The smallest absolute Gasteiger partial charge is 0.177 e. The van der Waals surface area contributed by atoms with Gasteiger partial charge in [0.05, 0.1) is 6.10 Å². The normalized spacial score (nSPS) is 17.1. The minimum absolute atomic E-state index is 0.352. The lowest BCUT2D eigenvalue weighted by atomic mass is 10.1. The molecule has 1 N–H and O–H groups in total. The molecule has 1 aliphatic rings. The number of β-amino-alcohol motifs (C(OH)–C–C–N with tert-alkyl or cyclic N) is 1. The first kappa shape index (κ1) is 15.9. The van der Waals surface area contributed by atoms with Gasteiger partial charge in [-0.25, -0.2) is 4.39 Å². The fourth-order valence-electron chi connectivity index (χ4n) is 3.13. The molecule has 130 valence electrons. The predicted molar refractivity (Wildman–Crippen MR) is 90.8 cm³/mol. The van der Waals surface area contributed by atoms with Crippen LogP contribution in [0.3, 0.4) is 0 Å². The summed E-state index contributed by atoms with van der Waals surface area (Å²) in [5.41, 5.74) is 1.07. The summed E-state index contributed by atoms with van der Waals surface area (Å²) in [5.74, 6) is 0.515. The summed E-state index contributed by atoms with van der Waals surface area (Å²) in [6, 6.07) is 10.2. The van der Waals surface area contributed by atoms with Gasteiger partial charge in [0, 0.05) is 38.3 Å². The van der Waals surface area contributed by atoms with Crippen molar-refractivity contribution in [2.75, 3.05) is 37.6 Å². The molecule has 1 aliphatic heterocycles. The fourth-order valence-corrected chi connectivity index (χ4v) is 3.13. The van der Waals surface area contributed by atoms with Crippen LogP contribution in [0.1, 0.15) is 11.7 Å². The summed E-state index contributed by atoms with van der Waals surface area (Å²) in [6.45, 7) is 3.59. The molecule has 7 nitrogen and oxygen atoms in total. The van der Waals surface area contributed by atoms with Crippen molar-refractivity contribution in [3.63, 3.8) is 0 Å². The summed E-state index contributed by atoms with van der Waals surface area (Å²) < 4.78 is 15.4. The van der Waals surface area contributed by atoms with Gasteiger partial charge >= 0.3 is 0 Å². The average molecular weight is 342 g/mol. The topological polar surface area (TPSA) is 69.8 Å². The van der Waals surface area contributed by atoms with Gasteiger partial charge in [-0.15, -0.1) is 15.3 Å². The SMILES string of the molecule is O[C@H](CN1CCN(c2ccc3nncn3n2)CC1)c1ccccc1F. The number of nitrogens with zero attached hydrogens (tertiary/aromatic N) is 6. The van der Waals surface area contributed by atoms with Crippen LogP contribution in [-0.4, -0.2) is 62.5 Å². The number of aliphatic hydroxyl groups is 1. The Morgan fingerprint density at radius 1 is 1.08 bits per heavy atom. The molecule has 0 aliphatic carbocycles. The first-order valence-electron chi connectivity index (χ1n) is 8.27. The molecule has 0 bridgehead atoms. The first-order valence-corrected chi connectivity index (χ1v) is 8.27. The summed E-state index contributed by atoms with van der Waals surface area (Å²) in [6.07, 6.45) is 0.763. The number of aromatic nitrogens is 4. The van der Waals surface area contributed by atoms with E-state index in [0.717, 1.165) is 37.6 Å². The maximum atomic E-state index is 13.8. The molecule has 1 atom stereocenters. The number of halogens is 1. The number of piperazine rings is 1. The van der Waals surface area contributed by atoms with Crippen LogP contribution in [0.2, 0.25) is 0 Å². The van der Waals surface area contributed by atoms with Crippen molar-refractivity contribution >= 4 is 11.5 Å². The Bertz CT molecular complexity index is 861. The third kappa shape index (κ3) is 3.31. The molecule has 1 fully saturated rings. The third-order valence-electron chi connectivity index (χ3n) is 4.54. The fraction of sp³-hybridized carbons (Fsp3) is 0.353. The molecule has 3 heterocycles. The summed E-state index contributed by atoms with van der Waals surface area (Å²) in [5, 5.41) is 22.6. The lowest BCUT2D eigenvalue weighted by molar-refractivity contribution is 0.106. The van der Waals surface area contributed by atoms with Crippen molar-refractivity contribution in [2.24, 2.45) is 0 Å². The van der Waals surface area contributed by atoms with Gasteiger partial charge in [0.1, 0.15) is 18.0 Å². The first-order chi connectivity index (χ1) is 12.2. The summed E-state index contributed by atoms with van der Waals surface area (Å²) >= 11 is 0. The zero-order valence-corrected chi connectivity index (χ0v) is 13.7. The van der Waals surface area contributed by atoms with Crippen LogP contribution in [0.25, 0.3) is 5.65 Å². The minimum Gasteiger partial charge on any atom is -0.387 e. The van der Waals surface area contributed by atoms with Gasteiger partial charge in [0.2, 0.25) is 0 Å². The Kier molecular flexibility index (Phi) is 4.29. The highest BCUT2D eigenvalue weighted by Gasteiger charge is 2.22. The predicted octanol–water partition coefficient (Wildman–Crippen LogP) is 1.12. The second-order valence-corrected chi connectivity index (χ2v) is 6.15. The van der Waals surface area contributed by atoms with E-state index in [9.17, 15) is 9.50 Å². The zero-order chi connectivity index (χ0) is 17.2. The number of benzene rings is 1. The van der Waals surface area contributed by atoms with Gasteiger partial charge in [-0.1, -0.05) is 18.2 Å². The van der Waals surface area contributed by atoms with E-state index in [4.69, 9.17) is 0 Å². The number of hydrogen-bond acceptors (Lipinski definition) is 6. The van der Waals surface area contributed by atoms with Gasteiger partial charge in [-0.3, -0.25) is 4.90 Å². The molecule has 2 aromatic heterocycles. The van der Waals surface area contributed by atoms with E-state index in [1.165, 1.54) is 6.07 Å². The molecule has 0 unspecified atom stereocenters.